The average molecular weight is 293 g/mol. The number of fused-ring (bicyclic) bond motifs is 1. The highest BCUT2D eigenvalue weighted by Crippen LogP contribution is 2.21. The van der Waals surface area contributed by atoms with Gasteiger partial charge >= 0.3 is 0 Å². The summed E-state index contributed by atoms with van der Waals surface area (Å²) in [5, 5.41) is 5.77. The summed E-state index contributed by atoms with van der Waals surface area (Å²) in [5.41, 5.74) is 1.22. The van der Waals surface area contributed by atoms with Crippen molar-refractivity contribution in [3.8, 4) is 0 Å². The standard InChI is InChI=1S/C16H27N3S/c1-4-7-8-13(5-2)15(17-6-3)11-14-12-19-9-10-20-16(19)18-14/h9-10,12-13,15,17H,4-8,11H2,1-3H3. The first-order valence-electron chi connectivity index (χ1n) is 7.92. The van der Waals surface area contributed by atoms with E-state index in [-0.39, 0.29) is 0 Å². The first-order valence-corrected chi connectivity index (χ1v) is 8.80. The summed E-state index contributed by atoms with van der Waals surface area (Å²) < 4.78 is 2.13. The molecular formula is C16H27N3S. The van der Waals surface area contributed by atoms with Gasteiger partial charge in [0.2, 0.25) is 0 Å². The molecule has 0 fully saturated rings. The Morgan fingerprint density at radius 3 is 2.85 bits per heavy atom. The van der Waals surface area contributed by atoms with Crippen molar-refractivity contribution in [3.63, 3.8) is 0 Å². The zero-order chi connectivity index (χ0) is 14.4. The SMILES string of the molecule is CCCCC(CC)C(Cc1cn2ccsc2n1)NCC. The van der Waals surface area contributed by atoms with E-state index in [4.69, 9.17) is 4.98 Å². The lowest BCUT2D eigenvalue weighted by Crippen LogP contribution is -2.38. The van der Waals surface area contributed by atoms with E-state index in [0.717, 1.165) is 23.8 Å². The van der Waals surface area contributed by atoms with Crippen LogP contribution in [0.3, 0.4) is 0 Å². The molecule has 2 aromatic rings. The van der Waals surface area contributed by atoms with Crippen molar-refractivity contribution in [2.45, 2.75) is 58.9 Å². The normalized spacial score (nSPS) is 14.8. The second kappa shape index (κ2) is 7.79. The number of thiazole rings is 1. The van der Waals surface area contributed by atoms with E-state index < -0.39 is 0 Å². The third kappa shape index (κ3) is 3.83. The fourth-order valence-electron chi connectivity index (χ4n) is 2.92. The Kier molecular flexibility index (Phi) is 6.05. The highest BCUT2D eigenvalue weighted by molar-refractivity contribution is 7.15. The van der Waals surface area contributed by atoms with Crippen molar-refractivity contribution in [3.05, 3.63) is 23.5 Å². The topological polar surface area (TPSA) is 29.3 Å². The van der Waals surface area contributed by atoms with Crippen LogP contribution in [0.15, 0.2) is 17.8 Å². The average Bonchev–Trinajstić information content (AvgIpc) is 3.00. The zero-order valence-corrected chi connectivity index (χ0v) is 13.7. The molecule has 1 N–H and O–H groups in total. The fourth-order valence-corrected chi connectivity index (χ4v) is 3.64. The fraction of sp³-hybridized carbons (Fsp3) is 0.688. The maximum absolute atomic E-state index is 4.73. The molecule has 0 aliphatic heterocycles. The summed E-state index contributed by atoms with van der Waals surface area (Å²) in [6.45, 7) is 7.83. The second-order valence-corrected chi connectivity index (χ2v) is 6.38. The summed E-state index contributed by atoms with van der Waals surface area (Å²) in [6.07, 6.45) is 10.5. The Balaban J connectivity index is 2.04. The minimum Gasteiger partial charge on any atom is -0.314 e. The van der Waals surface area contributed by atoms with Crippen LogP contribution in [0, 0.1) is 5.92 Å². The number of hydrogen-bond donors (Lipinski definition) is 1. The lowest BCUT2D eigenvalue weighted by molar-refractivity contribution is 0.318. The van der Waals surface area contributed by atoms with Gasteiger partial charge in [-0.25, -0.2) is 4.98 Å². The number of nitrogens with one attached hydrogen (secondary N) is 1. The molecule has 0 saturated heterocycles. The molecule has 3 nitrogen and oxygen atoms in total. The zero-order valence-electron chi connectivity index (χ0n) is 12.9. The molecule has 2 heterocycles. The number of imidazole rings is 1. The third-order valence-electron chi connectivity index (χ3n) is 4.06. The number of nitrogens with zero attached hydrogens (tertiary/aromatic N) is 2. The molecule has 112 valence electrons. The van der Waals surface area contributed by atoms with E-state index in [1.165, 1.54) is 31.4 Å². The minimum absolute atomic E-state index is 0.557. The first-order chi connectivity index (χ1) is 9.78. The van der Waals surface area contributed by atoms with Crippen LogP contribution >= 0.6 is 11.3 Å². The van der Waals surface area contributed by atoms with Crippen LogP contribution in [0.25, 0.3) is 4.96 Å². The van der Waals surface area contributed by atoms with E-state index >= 15 is 0 Å². The Labute approximate surface area is 126 Å². The molecule has 0 aromatic carbocycles. The summed E-state index contributed by atoms with van der Waals surface area (Å²) in [7, 11) is 0. The quantitative estimate of drug-likeness (QED) is 0.753. The number of unbranched alkanes of at least 4 members (excludes halogenated alkanes) is 1. The van der Waals surface area contributed by atoms with Crippen molar-refractivity contribution in [1.29, 1.82) is 0 Å². The molecule has 2 rings (SSSR count). The molecule has 0 saturated carbocycles. The molecule has 0 bridgehead atoms. The van der Waals surface area contributed by atoms with Crippen LogP contribution in [0.4, 0.5) is 0 Å². The van der Waals surface area contributed by atoms with Crippen molar-refractivity contribution in [1.82, 2.24) is 14.7 Å². The van der Waals surface area contributed by atoms with Crippen molar-refractivity contribution >= 4 is 16.3 Å². The molecule has 0 aliphatic rings. The molecule has 0 amide bonds. The Hall–Kier alpha value is -0.870. The molecule has 2 unspecified atom stereocenters. The number of rotatable bonds is 9. The summed E-state index contributed by atoms with van der Waals surface area (Å²) in [4.78, 5) is 5.84. The number of aromatic nitrogens is 2. The molecule has 20 heavy (non-hydrogen) atoms. The summed E-state index contributed by atoms with van der Waals surface area (Å²) >= 11 is 1.71. The van der Waals surface area contributed by atoms with Gasteiger partial charge in [0.25, 0.3) is 0 Å². The van der Waals surface area contributed by atoms with Crippen LogP contribution in [-0.2, 0) is 6.42 Å². The predicted molar refractivity (Wildman–Crippen MR) is 87.5 cm³/mol. The number of hydrogen-bond acceptors (Lipinski definition) is 3. The van der Waals surface area contributed by atoms with Crippen LogP contribution in [0.5, 0.6) is 0 Å². The van der Waals surface area contributed by atoms with Gasteiger partial charge in [0.05, 0.1) is 5.69 Å². The van der Waals surface area contributed by atoms with Crippen LogP contribution < -0.4 is 5.32 Å². The molecular weight excluding hydrogens is 266 g/mol. The first kappa shape index (κ1) is 15.5. The van der Waals surface area contributed by atoms with Gasteiger partial charge in [-0.15, -0.1) is 11.3 Å². The molecule has 2 aromatic heterocycles. The monoisotopic (exact) mass is 293 g/mol. The highest BCUT2D eigenvalue weighted by atomic mass is 32.1. The maximum Gasteiger partial charge on any atom is 0.193 e. The highest BCUT2D eigenvalue weighted by Gasteiger charge is 2.20. The van der Waals surface area contributed by atoms with E-state index in [1.54, 1.807) is 11.3 Å². The Bertz CT molecular complexity index is 474. The van der Waals surface area contributed by atoms with Gasteiger partial charge < -0.3 is 5.32 Å². The molecule has 0 radical (unpaired) electrons. The lowest BCUT2D eigenvalue weighted by atomic mass is 9.88. The van der Waals surface area contributed by atoms with Crippen LogP contribution in [0.1, 0.15) is 52.1 Å². The maximum atomic E-state index is 4.73. The third-order valence-corrected chi connectivity index (χ3v) is 4.83. The molecule has 0 spiro atoms. The van der Waals surface area contributed by atoms with Crippen LogP contribution in [-0.4, -0.2) is 22.0 Å². The predicted octanol–water partition coefficient (Wildman–Crippen LogP) is 4.13. The summed E-state index contributed by atoms with van der Waals surface area (Å²) in [5.74, 6) is 0.759. The van der Waals surface area contributed by atoms with Crippen molar-refractivity contribution in [2.75, 3.05) is 6.54 Å². The van der Waals surface area contributed by atoms with E-state index in [0.29, 0.717) is 6.04 Å². The molecule has 0 aliphatic carbocycles. The van der Waals surface area contributed by atoms with Gasteiger partial charge in [-0.2, -0.15) is 0 Å². The second-order valence-electron chi connectivity index (χ2n) is 5.50. The minimum atomic E-state index is 0.557. The largest absolute Gasteiger partial charge is 0.314 e. The number of likely N-dealkylation sites (N-methyl/N-ethyl adjacent to an activating group) is 1. The smallest absolute Gasteiger partial charge is 0.193 e. The van der Waals surface area contributed by atoms with Gasteiger partial charge in [0.15, 0.2) is 4.96 Å². The van der Waals surface area contributed by atoms with Gasteiger partial charge in [-0.1, -0.05) is 40.0 Å². The van der Waals surface area contributed by atoms with Crippen molar-refractivity contribution < 1.29 is 0 Å². The Morgan fingerprint density at radius 2 is 2.20 bits per heavy atom. The van der Waals surface area contributed by atoms with Gasteiger partial charge in [0, 0.05) is 30.2 Å². The molecule has 2 atom stereocenters. The van der Waals surface area contributed by atoms with Gasteiger partial charge in [-0.3, -0.25) is 4.40 Å². The molecule has 4 heteroatoms. The Morgan fingerprint density at radius 1 is 1.35 bits per heavy atom. The van der Waals surface area contributed by atoms with E-state index in [1.807, 2.05) is 0 Å². The summed E-state index contributed by atoms with van der Waals surface area (Å²) in [6, 6.07) is 0.557. The lowest BCUT2D eigenvalue weighted by Gasteiger charge is -2.26. The van der Waals surface area contributed by atoms with Crippen LogP contribution in [0.2, 0.25) is 0 Å². The van der Waals surface area contributed by atoms with E-state index in [9.17, 15) is 0 Å². The van der Waals surface area contributed by atoms with Gasteiger partial charge in [-0.05, 0) is 18.9 Å². The van der Waals surface area contributed by atoms with E-state index in [2.05, 4.69) is 48.3 Å². The van der Waals surface area contributed by atoms with Crippen molar-refractivity contribution in [2.24, 2.45) is 5.92 Å². The van der Waals surface area contributed by atoms with Gasteiger partial charge in [0.1, 0.15) is 0 Å².